The molecule has 0 unspecified atom stereocenters. The lowest BCUT2D eigenvalue weighted by atomic mass is 9.98. The Morgan fingerprint density at radius 2 is 2.04 bits per heavy atom. The quantitative estimate of drug-likeness (QED) is 0.744. The maximum absolute atomic E-state index is 4.67. The molecule has 5 heteroatoms. The zero-order valence-corrected chi connectivity index (χ0v) is 13.9. The smallest absolute Gasteiger partial charge is 0.252 e. The summed E-state index contributed by atoms with van der Waals surface area (Å²) in [5.41, 5.74) is 4.06. The van der Waals surface area contributed by atoms with Crippen molar-refractivity contribution < 1.29 is 0 Å². The van der Waals surface area contributed by atoms with Gasteiger partial charge in [-0.3, -0.25) is 4.90 Å². The fourth-order valence-corrected chi connectivity index (χ4v) is 4.31. The molecule has 4 heterocycles. The van der Waals surface area contributed by atoms with Crippen molar-refractivity contribution in [1.82, 2.24) is 24.5 Å². The minimum Gasteiger partial charge on any atom is -0.289 e. The second-order valence-electron chi connectivity index (χ2n) is 6.86. The van der Waals surface area contributed by atoms with E-state index in [-0.39, 0.29) is 0 Å². The Morgan fingerprint density at radius 1 is 1.17 bits per heavy atom. The Bertz CT molecular complexity index is 885. The van der Waals surface area contributed by atoms with E-state index >= 15 is 0 Å². The van der Waals surface area contributed by atoms with Crippen LogP contribution in [-0.4, -0.2) is 30.5 Å². The minimum atomic E-state index is 0.463. The lowest BCUT2D eigenvalue weighted by molar-refractivity contribution is 0.165. The van der Waals surface area contributed by atoms with Gasteiger partial charge in [0, 0.05) is 43.2 Å². The molecule has 2 bridgehead atoms. The van der Waals surface area contributed by atoms with E-state index in [1.165, 1.54) is 29.7 Å². The Hall–Kier alpha value is -2.27. The first-order chi connectivity index (χ1) is 11.8. The van der Waals surface area contributed by atoms with Crippen molar-refractivity contribution in [3.8, 4) is 0 Å². The zero-order chi connectivity index (χ0) is 16.1. The molecule has 2 aromatic heterocycles. The summed E-state index contributed by atoms with van der Waals surface area (Å²) in [7, 11) is 0. The molecule has 122 valence electrons. The largest absolute Gasteiger partial charge is 0.289 e. The van der Waals surface area contributed by atoms with Crippen molar-refractivity contribution in [2.75, 3.05) is 0 Å². The summed E-state index contributed by atoms with van der Waals surface area (Å²) >= 11 is 0. The Morgan fingerprint density at radius 3 is 2.88 bits per heavy atom. The van der Waals surface area contributed by atoms with Gasteiger partial charge in [-0.2, -0.15) is 4.98 Å². The van der Waals surface area contributed by atoms with E-state index in [2.05, 4.69) is 57.2 Å². The van der Waals surface area contributed by atoms with Crippen molar-refractivity contribution in [2.24, 2.45) is 0 Å². The molecule has 0 radical (unpaired) electrons. The summed E-state index contributed by atoms with van der Waals surface area (Å²) in [5, 5.41) is 4.67. The van der Waals surface area contributed by atoms with E-state index in [1.807, 2.05) is 10.7 Å². The highest BCUT2D eigenvalue weighted by molar-refractivity contribution is 5.38. The maximum atomic E-state index is 4.67. The van der Waals surface area contributed by atoms with Gasteiger partial charge in [-0.05, 0) is 18.4 Å². The number of aromatic nitrogens is 4. The van der Waals surface area contributed by atoms with Crippen LogP contribution in [0.5, 0.6) is 0 Å². The zero-order valence-electron chi connectivity index (χ0n) is 13.9. The fourth-order valence-electron chi connectivity index (χ4n) is 4.31. The number of hydrogen-bond donors (Lipinski definition) is 0. The Labute approximate surface area is 141 Å². The number of benzene rings is 1. The standard InChI is InChI=1S/C19H21N5/c1-2-18-21-19-20-11-15-16-9-8-14(10-17(15)24(19)22-18)23(16)12-13-6-4-3-5-7-13/h3-7,11,14,16H,2,8-10,12H2,1H3/t14-,16+/m0/s1. The first kappa shape index (κ1) is 14.1. The molecule has 0 saturated carbocycles. The van der Waals surface area contributed by atoms with E-state index in [1.54, 1.807) is 0 Å². The second-order valence-corrected chi connectivity index (χ2v) is 6.86. The molecule has 2 atom stereocenters. The first-order valence-corrected chi connectivity index (χ1v) is 8.86. The summed E-state index contributed by atoms with van der Waals surface area (Å²) < 4.78 is 2.00. The number of rotatable bonds is 3. The molecular weight excluding hydrogens is 298 g/mol. The van der Waals surface area contributed by atoms with Gasteiger partial charge < -0.3 is 0 Å². The number of nitrogens with zero attached hydrogens (tertiary/aromatic N) is 5. The van der Waals surface area contributed by atoms with E-state index in [4.69, 9.17) is 0 Å². The molecule has 3 aromatic rings. The molecule has 0 aliphatic carbocycles. The van der Waals surface area contributed by atoms with Crippen molar-refractivity contribution in [1.29, 1.82) is 0 Å². The maximum Gasteiger partial charge on any atom is 0.252 e. The minimum absolute atomic E-state index is 0.463. The molecule has 1 aromatic carbocycles. The van der Waals surface area contributed by atoms with Gasteiger partial charge in [0.25, 0.3) is 5.78 Å². The molecule has 0 amide bonds. The van der Waals surface area contributed by atoms with Gasteiger partial charge in [0.15, 0.2) is 5.82 Å². The molecule has 2 aliphatic heterocycles. The third kappa shape index (κ3) is 2.08. The van der Waals surface area contributed by atoms with E-state index in [0.29, 0.717) is 12.1 Å². The molecule has 24 heavy (non-hydrogen) atoms. The highest BCUT2D eigenvalue weighted by Gasteiger charge is 2.41. The van der Waals surface area contributed by atoms with Crippen LogP contribution in [-0.2, 0) is 19.4 Å². The van der Waals surface area contributed by atoms with Crippen LogP contribution in [0.3, 0.4) is 0 Å². The average Bonchev–Trinajstić information content (AvgIpc) is 3.16. The number of aryl methyl sites for hydroxylation is 1. The third-order valence-corrected chi connectivity index (χ3v) is 5.50. The van der Waals surface area contributed by atoms with Gasteiger partial charge in [-0.15, -0.1) is 5.10 Å². The normalized spacial score (nSPS) is 22.9. The van der Waals surface area contributed by atoms with Crippen molar-refractivity contribution in [2.45, 2.75) is 51.2 Å². The molecule has 1 fully saturated rings. The average molecular weight is 319 g/mol. The van der Waals surface area contributed by atoms with Gasteiger partial charge in [-0.25, -0.2) is 9.50 Å². The van der Waals surface area contributed by atoms with E-state index in [9.17, 15) is 0 Å². The molecule has 0 N–H and O–H groups in total. The molecule has 2 aliphatic rings. The van der Waals surface area contributed by atoms with Crippen LogP contribution in [0.2, 0.25) is 0 Å². The van der Waals surface area contributed by atoms with Gasteiger partial charge in [-0.1, -0.05) is 37.3 Å². The highest BCUT2D eigenvalue weighted by atomic mass is 15.3. The van der Waals surface area contributed by atoms with Gasteiger partial charge in [0.1, 0.15) is 0 Å². The van der Waals surface area contributed by atoms with Crippen LogP contribution < -0.4 is 0 Å². The second kappa shape index (κ2) is 5.38. The van der Waals surface area contributed by atoms with Crippen molar-refractivity contribution >= 4 is 5.78 Å². The van der Waals surface area contributed by atoms with Crippen LogP contribution in [0.15, 0.2) is 36.5 Å². The predicted molar refractivity (Wildman–Crippen MR) is 91.6 cm³/mol. The summed E-state index contributed by atoms with van der Waals surface area (Å²) in [4.78, 5) is 11.8. The molecule has 1 saturated heterocycles. The highest BCUT2D eigenvalue weighted by Crippen LogP contribution is 2.44. The SMILES string of the molecule is CCc1nc2ncc3c(n2n1)C[C@@H]1CC[C@H]3N1Cc1ccccc1. The van der Waals surface area contributed by atoms with E-state index < -0.39 is 0 Å². The predicted octanol–water partition coefficient (Wildman–Crippen LogP) is 2.95. The van der Waals surface area contributed by atoms with Crippen molar-refractivity contribution in [3.63, 3.8) is 0 Å². The summed E-state index contributed by atoms with van der Waals surface area (Å²) in [6, 6.07) is 11.8. The van der Waals surface area contributed by atoms with Crippen LogP contribution in [0, 0.1) is 0 Å². The Balaban J connectivity index is 1.55. The summed E-state index contributed by atoms with van der Waals surface area (Å²) in [5.74, 6) is 1.64. The number of fused-ring (bicyclic) bond motifs is 6. The van der Waals surface area contributed by atoms with Gasteiger partial charge in [0.05, 0.1) is 5.69 Å². The molecule has 0 spiro atoms. The van der Waals surface area contributed by atoms with E-state index in [0.717, 1.165) is 31.0 Å². The monoisotopic (exact) mass is 319 g/mol. The van der Waals surface area contributed by atoms with Crippen LogP contribution >= 0.6 is 0 Å². The van der Waals surface area contributed by atoms with Crippen LogP contribution in [0.1, 0.15) is 48.5 Å². The Kier molecular flexibility index (Phi) is 3.16. The summed E-state index contributed by atoms with van der Waals surface area (Å²) in [6.45, 7) is 3.11. The fraction of sp³-hybridized carbons (Fsp3) is 0.421. The lowest BCUT2D eigenvalue weighted by Crippen LogP contribution is -2.38. The first-order valence-electron chi connectivity index (χ1n) is 8.86. The van der Waals surface area contributed by atoms with Gasteiger partial charge >= 0.3 is 0 Å². The molecule has 5 rings (SSSR count). The van der Waals surface area contributed by atoms with Crippen LogP contribution in [0.4, 0.5) is 0 Å². The molecule has 5 nitrogen and oxygen atoms in total. The summed E-state index contributed by atoms with van der Waals surface area (Å²) in [6.07, 6.45) is 6.41. The van der Waals surface area contributed by atoms with Gasteiger partial charge in [0.2, 0.25) is 0 Å². The molecular formula is C19H21N5. The topological polar surface area (TPSA) is 46.3 Å². The lowest BCUT2D eigenvalue weighted by Gasteiger charge is -2.36. The van der Waals surface area contributed by atoms with Crippen molar-refractivity contribution in [3.05, 3.63) is 59.2 Å². The number of hydrogen-bond acceptors (Lipinski definition) is 4. The third-order valence-electron chi connectivity index (χ3n) is 5.50. The van der Waals surface area contributed by atoms with Crippen LogP contribution in [0.25, 0.3) is 5.78 Å².